The molecule has 0 bridgehead atoms. The van der Waals surface area contributed by atoms with Gasteiger partial charge in [0.2, 0.25) is 0 Å². The zero-order chi connectivity index (χ0) is 11.5. The molecule has 0 saturated carbocycles. The summed E-state index contributed by atoms with van der Waals surface area (Å²) in [6, 6.07) is 3.69. The van der Waals surface area contributed by atoms with Gasteiger partial charge in [0.15, 0.2) is 5.69 Å². The Kier molecular flexibility index (Phi) is 2.82. The zero-order valence-corrected chi connectivity index (χ0v) is 9.28. The SMILES string of the molecule is Cc1ccc(Nc2scnc2C(=O)O)cn1. The van der Waals surface area contributed by atoms with Gasteiger partial charge in [0.25, 0.3) is 0 Å². The maximum Gasteiger partial charge on any atom is 0.357 e. The molecule has 0 aromatic carbocycles. The standard InChI is InChI=1S/C10H9N3O2S/c1-6-2-3-7(4-11-6)13-9-8(10(14)15)12-5-16-9/h2-5,13H,1H3,(H,14,15). The monoisotopic (exact) mass is 235 g/mol. The Morgan fingerprint density at radius 2 is 2.25 bits per heavy atom. The lowest BCUT2D eigenvalue weighted by atomic mass is 10.3. The number of rotatable bonds is 3. The molecule has 82 valence electrons. The lowest BCUT2D eigenvalue weighted by Gasteiger charge is -2.03. The van der Waals surface area contributed by atoms with Crippen molar-refractivity contribution >= 4 is 28.0 Å². The summed E-state index contributed by atoms with van der Waals surface area (Å²) in [6.45, 7) is 1.89. The first kappa shape index (κ1) is 10.6. The summed E-state index contributed by atoms with van der Waals surface area (Å²) >= 11 is 1.25. The first-order chi connectivity index (χ1) is 7.66. The van der Waals surface area contributed by atoms with Crippen molar-refractivity contribution in [2.75, 3.05) is 5.32 Å². The van der Waals surface area contributed by atoms with Gasteiger partial charge in [0.05, 0.1) is 17.4 Å². The van der Waals surface area contributed by atoms with Crippen molar-refractivity contribution in [2.24, 2.45) is 0 Å². The molecular weight excluding hydrogens is 226 g/mol. The summed E-state index contributed by atoms with van der Waals surface area (Å²) in [5.74, 6) is -1.04. The summed E-state index contributed by atoms with van der Waals surface area (Å²) in [6.07, 6.45) is 1.65. The molecule has 2 N–H and O–H groups in total. The highest BCUT2D eigenvalue weighted by Gasteiger charge is 2.13. The molecule has 0 spiro atoms. The van der Waals surface area contributed by atoms with Crippen LogP contribution < -0.4 is 5.32 Å². The largest absolute Gasteiger partial charge is 0.476 e. The van der Waals surface area contributed by atoms with Crippen molar-refractivity contribution in [1.29, 1.82) is 0 Å². The molecule has 0 atom stereocenters. The van der Waals surface area contributed by atoms with E-state index < -0.39 is 5.97 Å². The minimum atomic E-state index is -1.04. The number of anilines is 2. The Hall–Kier alpha value is -1.95. The molecule has 5 nitrogen and oxygen atoms in total. The highest BCUT2D eigenvalue weighted by molar-refractivity contribution is 7.14. The Morgan fingerprint density at radius 3 is 2.88 bits per heavy atom. The van der Waals surface area contributed by atoms with Crippen LogP contribution in [0.1, 0.15) is 16.2 Å². The number of aryl methyl sites for hydroxylation is 1. The summed E-state index contributed by atoms with van der Waals surface area (Å²) in [7, 11) is 0. The molecule has 0 aliphatic heterocycles. The van der Waals surface area contributed by atoms with E-state index in [1.54, 1.807) is 6.20 Å². The van der Waals surface area contributed by atoms with Crippen LogP contribution in [0.25, 0.3) is 0 Å². The third-order valence-electron chi connectivity index (χ3n) is 1.94. The number of nitrogens with one attached hydrogen (secondary N) is 1. The summed E-state index contributed by atoms with van der Waals surface area (Å²) in [5, 5.41) is 12.4. The summed E-state index contributed by atoms with van der Waals surface area (Å²) < 4.78 is 0. The van der Waals surface area contributed by atoms with E-state index in [1.165, 1.54) is 16.8 Å². The van der Waals surface area contributed by atoms with Crippen molar-refractivity contribution in [3.63, 3.8) is 0 Å². The van der Waals surface area contributed by atoms with Gasteiger partial charge in [-0.25, -0.2) is 9.78 Å². The highest BCUT2D eigenvalue weighted by Crippen LogP contribution is 2.24. The molecule has 0 amide bonds. The molecule has 0 aliphatic rings. The molecule has 6 heteroatoms. The summed E-state index contributed by atoms with van der Waals surface area (Å²) in [5.41, 5.74) is 3.18. The first-order valence-corrected chi connectivity index (χ1v) is 5.41. The fourth-order valence-corrected chi connectivity index (χ4v) is 1.85. The van der Waals surface area contributed by atoms with Gasteiger partial charge in [-0.1, -0.05) is 0 Å². The van der Waals surface area contributed by atoms with E-state index in [0.717, 1.165) is 11.4 Å². The number of hydrogen-bond acceptors (Lipinski definition) is 5. The van der Waals surface area contributed by atoms with Crippen molar-refractivity contribution in [3.05, 3.63) is 35.2 Å². The first-order valence-electron chi connectivity index (χ1n) is 4.53. The lowest BCUT2D eigenvalue weighted by molar-refractivity contribution is 0.0692. The molecule has 0 radical (unpaired) electrons. The third-order valence-corrected chi connectivity index (χ3v) is 2.68. The normalized spacial score (nSPS) is 10.1. The van der Waals surface area contributed by atoms with E-state index in [0.29, 0.717) is 5.00 Å². The molecule has 2 aromatic rings. The van der Waals surface area contributed by atoms with Crippen LogP contribution in [0, 0.1) is 6.92 Å². The van der Waals surface area contributed by atoms with Crippen molar-refractivity contribution in [2.45, 2.75) is 6.92 Å². The van der Waals surface area contributed by atoms with Gasteiger partial charge in [-0.3, -0.25) is 4.98 Å². The average molecular weight is 235 g/mol. The van der Waals surface area contributed by atoms with E-state index >= 15 is 0 Å². The Balaban J connectivity index is 2.23. The predicted octanol–water partition coefficient (Wildman–Crippen LogP) is 2.29. The molecule has 2 heterocycles. The second kappa shape index (κ2) is 4.28. The van der Waals surface area contributed by atoms with Crippen LogP contribution in [0.15, 0.2) is 23.8 Å². The van der Waals surface area contributed by atoms with Gasteiger partial charge in [-0.05, 0) is 19.1 Å². The van der Waals surface area contributed by atoms with Gasteiger partial charge in [0.1, 0.15) is 5.00 Å². The second-order valence-corrected chi connectivity index (χ2v) is 4.00. The van der Waals surface area contributed by atoms with Crippen molar-refractivity contribution in [1.82, 2.24) is 9.97 Å². The van der Waals surface area contributed by atoms with E-state index in [1.807, 2.05) is 19.1 Å². The molecular formula is C10H9N3O2S. The van der Waals surface area contributed by atoms with Crippen LogP contribution in [0.4, 0.5) is 10.7 Å². The number of carboxylic acid groups (broad SMARTS) is 1. The van der Waals surface area contributed by atoms with Gasteiger partial charge >= 0.3 is 5.97 Å². The average Bonchev–Trinajstić information content (AvgIpc) is 2.69. The number of pyridine rings is 1. The summed E-state index contributed by atoms with van der Waals surface area (Å²) in [4.78, 5) is 18.7. The number of hydrogen-bond donors (Lipinski definition) is 2. The third kappa shape index (κ3) is 2.17. The second-order valence-electron chi connectivity index (χ2n) is 3.15. The van der Waals surface area contributed by atoms with Crippen LogP contribution in [-0.2, 0) is 0 Å². The van der Waals surface area contributed by atoms with Gasteiger partial charge in [-0.2, -0.15) is 0 Å². The van der Waals surface area contributed by atoms with Gasteiger partial charge in [-0.15, -0.1) is 11.3 Å². The van der Waals surface area contributed by atoms with E-state index in [-0.39, 0.29) is 5.69 Å². The number of carboxylic acids is 1. The van der Waals surface area contributed by atoms with Crippen molar-refractivity contribution < 1.29 is 9.90 Å². The van der Waals surface area contributed by atoms with Crippen LogP contribution >= 0.6 is 11.3 Å². The molecule has 0 unspecified atom stereocenters. The van der Waals surface area contributed by atoms with Crippen LogP contribution in [-0.4, -0.2) is 21.0 Å². The lowest BCUT2D eigenvalue weighted by Crippen LogP contribution is -2.01. The molecule has 0 saturated heterocycles. The smallest absolute Gasteiger partial charge is 0.357 e. The quantitative estimate of drug-likeness (QED) is 0.853. The van der Waals surface area contributed by atoms with E-state index in [2.05, 4.69) is 15.3 Å². The molecule has 2 aromatic heterocycles. The fourth-order valence-electron chi connectivity index (χ4n) is 1.16. The highest BCUT2D eigenvalue weighted by atomic mass is 32.1. The number of thiazole rings is 1. The minimum Gasteiger partial charge on any atom is -0.476 e. The Bertz CT molecular complexity index is 507. The number of carbonyl (C=O) groups is 1. The predicted molar refractivity (Wildman–Crippen MR) is 61.3 cm³/mol. The molecule has 2 rings (SSSR count). The van der Waals surface area contributed by atoms with Crippen LogP contribution in [0.3, 0.4) is 0 Å². The fraction of sp³-hybridized carbons (Fsp3) is 0.100. The van der Waals surface area contributed by atoms with Crippen LogP contribution in [0.5, 0.6) is 0 Å². The van der Waals surface area contributed by atoms with Gasteiger partial charge < -0.3 is 10.4 Å². The van der Waals surface area contributed by atoms with Gasteiger partial charge in [0, 0.05) is 5.69 Å². The Morgan fingerprint density at radius 1 is 1.44 bits per heavy atom. The van der Waals surface area contributed by atoms with Crippen molar-refractivity contribution in [3.8, 4) is 0 Å². The van der Waals surface area contributed by atoms with Crippen LogP contribution in [0.2, 0.25) is 0 Å². The topological polar surface area (TPSA) is 75.1 Å². The van der Waals surface area contributed by atoms with E-state index in [9.17, 15) is 4.79 Å². The zero-order valence-electron chi connectivity index (χ0n) is 8.47. The maximum absolute atomic E-state index is 10.8. The minimum absolute atomic E-state index is 0.0329. The molecule has 0 aliphatic carbocycles. The molecule has 16 heavy (non-hydrogen) atoms. The Labute approximate surface area is 95.8 Å². The van der Waals surface area contributed by atoms with E-state index in [4.69, 9.17) is 5.11 Å². The maximum atomic E-state index is 10.8. The number of aromatic carboxylic acids is 1. The molecule has 0 fully saturated rings. The number of nitrogens with zero attached hydrogens (tertiary/aromatic N) is 2. The number of aromatic nitrogens is 2.